The molecule has 5 heteroatoms. The zero-order valence-corrected chi connectivity index (χ0v) is 13.1. The average Bonchev–Trinajstić information content (AvgIpc) is 2.99. The van der Waals surface area contributed by atoms with Gasteiger partial charge in [0.1, 0.15) is 0 Å². The number of hydrogen-bond donors (Lipinski definition) is 1. The SMILES string of the molecule is COC1CC2(C[C@@H](COCc3ccccc3)[C@@H]1N)OCCO2. The van der Waals surface area contributed by atoms with Gasteiger partial charge >= 0.3 is 0 Å². The van der Waals surface area contributed by atoms with E-state index >= 15 is 0 Å². The number of hydrogen-bond acceptors (Lipinski definition) is 5. The molecule has 1 saturated heterocycles. The number of benzene rings is 1. The molecule has 5 nitrogen and oxygen atoms in total. The Morgan fingerprint density at radius 1 is 1.18 bits per heavy atom. The molecule has 1 aliphatic heterocycles. The van der Waals surface area contributed by atoms with Gasteiger partial charge in [-0.3, -0.25) is 0 Å². The van der Waals surface area contributed by atoms with E-state index in [4.69, 9.17) is 24.7 Å². The van der Waals surface area contributed by atoms with Crippen molar-refractivity contribution in [3.8, 4) is 0 Å². The molecule has 1 heterocycles. The maximum Gasteiger partial charge on any atom is 0.171 e. The van der Waals surface area contributed by atoms with Crippen molar-refractivity contribution in [3.63, 3.8) is 0 Å². The van der Waals surface area contributed by atoms with E-state index in [1.165, 1.54) is 5.56 Å². The van der Waals surface area contributed by atoms with Crippen LogP contribution < -0.4 is 5.73 Å². The van der Waals surface area contributed by atoms with Crippen molar-refractivity contribution >= 4 is 0 Å². The summed E-state index contributed by atoms with van der Waals surface area (Å²) in [6.45, 7) is 2.47. The smallest absolute Gasteiger partial charge is 0.171 e. The summed E-state index contributed by atoms with van der Waals surface area (Å²) in [6, 6.07) is 10.1. The van der Waals surface area contributed by atoms with Gasteiger partial charge in [0.15, 0.2) is 5.79 Å². The first-order valence-corrected chi connectivity index (χ1v) is 7.90. The molecule has 0 radical (unpaired) electrons. The number of ether oxygens (including phenoxy) is 4. The van der Waals surface area contributed by atoms with E-state index < -0.39 is 5.79 Å². The molecule has 3 atom stereocenters. The minimum atomic E-state index is -0.530. The lowest BCUT2D eigenvalue weighted by atomic mass is 9.79. The second-order valence-corrected chi connectivity index (χ2v) is 6.13. The molecule has 122 valence electrons. The van der Waals surface area contributed by atoms with Gasteiger partial charge in [-0.2, -0.15) is 0 Å². The Labute approximate surface area is 131 Å². The third-order valence-corrected chi connectivity index (χ3v) is 4.62. The van der Waals surface area contributed by atoms with Crippen molar-refractivity contribution in [2.75, 3.05) is 26.9 Å². The van der Waals surface area contributed by atoms with Crippen LogP contribution in [0.1, 0.15) is 18.4 Å². The molecule has 0 amide bonds. The predicted octanol–water partition coefficient (Wildman–Crippen LogP) is 1.70. The molecular formula is C17H25NO4. The van der Waals surface area contributed by atoms with Crippen LogP contribution in [0.25, 0.3) is 0 Å². The van der Waals surface area contributed by atoms with E-state index in [2.05, 4.69) is 12.1 Å². The first kappa shape index (κ1) is 15.9. The molecule has 1 aromatic carbocycles. The van der Waals surface area contributed by atoms with Crippen LogP contribution >= 0.6 is 0 Å². The molecule has 1 spiro atoms. The maximum absolute atomic E-state index is 6.35. The molecule has 2 N–H and O–H groups in total. The highest BCUT2D eigenvalue weighted by Gasteiger charge is 2.48. The second-order valence-electron chi connectivity index (χ2n) is 6.13. The second kappa shape index (κ2) is 7.06. The topological polar surface area (TPSA) is 62.9 Å². The lowest BCUT2D eigenvalue weighted by Gasteiger charge is -2.43. The third kappa shape index (κ3) is 3.50. The van der Waals surface area contributed by atoms with E-state index in [1.54, 1.807) is 7.11 Å². The molecule has 2 fully saturated rings. The standard InChI is InChI=1S/C17H25NO4/c1-19-15-10-17(21-7-8-22-17)9-14(16(15)18)12-20-11-13-5-3-2-4-6-13/h2-6,14-16H,7-12,18H2,1H3/t14-,15?,16-/m0/s1. The summed E-state index contributed by atoms with van der Waals surface area (Å²) in [5, 5.41) is 0. The van der Waals surface area contributed by atoms with Crippen molar-refractivity contribution in [3.05, 3.63) is 35.9 Å². The summed E-state index contributed by atoms with van der Waals surface area (Å²) >= 11 is 0. The van der Waals surface area contributed by atoms with Crippen molar-refractivity contribution in [2.24, 2.45) is 11.7 Å². The van der Waals surface area contributed by atoms with Crippen LogP contribution in [-0.2, 0) is 25.6 Å². The highest BCUT2D eigenvalue weighted by molar-refractivity contribution is 5.13. The number of methoxy groups -OCH3 is 1. The Bertz CT molecular complexity index is 461. The molecule has 1 saturated carbocycles. The molecule has 1 unspecified atom stereocenters. The Kier molecular flexibility index (Phi) is 5.10. The zero-order chi connectivity index (χ0) is 15.4. The fraction of sp³-hybridized carbons (Fsp3) is 0.647. The monoisotopic (exact) mass is 307 g/mol. The normalized spacial score (nSPS) is 30.7. The number of nitrogens with two attached hydrogens (primary N) is 1. The van der Waals surface area contributed by atoms with Crippen molar-refractivity contribution in [2.45, 2.75) is 37.4 Å². The maximum atomic E-state index is 6.35. The van der Waals surface area contributed by atoms with Gasteiger partial charge in [-0.1, -0.05) is 30.3 Å². The highest BCUT2D eigenvalue weighted by atomic mass is 16.7. The summed E-state index contributed by atoms with van der Waals surface area (Å²) in [6.07, 6.45) is 1.40. The minimum absolute atomic E-state index is 0.0563. The summed E-state index contributed by atoms with van der Waals surface area (Å²) in [4.78, 5) is 0. The lowest BCUT2D eigenvalue weighted by molar-refractivity contribution is -0.218. The van der Waals surface area contributed by atoms with Gasteiger partial charge in [0, 0.05) is 31.9 Å². The van der Waals surface area contributed by atoms with Gasteiger partial charge in [0.05, 0.1) is 32.5 Å². The third-order valence-electron chi connectivity index (χ3n) is 4.62. The van der Waals surface area contributed by atoms with Gasteiger partial charge in [-0.15, -0.1) is 0 Å². The average molecular weight is 307 g/mol. The van der Waals surface area contributed by atoms with Crippen LogP contribution in [0.4, 0.5) is 0 Å². The fourth-order valence-corrected chi connectivity index (χ4v) is 3.41. The van der Waals surface area contributed by atoms with Crippen molar-refractivity contribution < 1.29 is 18.9 Å². The van der Waals surface area contributed by atoms with E-state index in [1.807, 2.05) is 18.2 Å². The molecule has 2 aliphatic rings. The molecule has 0 aromatic heterocycles. The predicted molar refractivity (Wildman–Crippen MR) is 82.2 cm³/mol. The number of rotatable bonds is 5. The van der Waals surface area contributed by atoms with Gasteiger partial charge in [0.25, 0.3) is 0 Å². The van der Waals surface area contributed by atoms with Crippen LogP contribution in [0, 0.1) is 5.92 Å². The first-order valence-electron chi connectivity index (χ1n) is 7.90. The Hall–Kier alpha value is -0.980. The summed E-state index contributed by atoms with van der Waals surface area (Å²) < 4.78 is 23.1. The van der Waals surface area contributed by atoms with Gasteiger partial charge < -0.3 is 24.7 Å². The fourth-order valence-electron chi connectivity index (χ4n) is 3.41. The lowest BCUT2D eigenvalue weighted by Crippen LogP contribution is -2.56. The van der Waals surface area contributed by atoms with E-state index in [0.29, 0.717) is 32.8 Å². The van der Waals surface area contributed by atoms with Crippen LogP contribution in [0.2, 0.25) is 0 Å². The summed E-state index contributed by atoms with van der Waals surface area (Å²) in [5.74, 6) is -0.363. The van der Waals surface area contributed by atoms with Gasteiger partial charge in [-0.05, 0) is 5.56 Å². The van der Waals surface area contributed by atoms with Crippen LogP contribution in [0.5, 0.6) is 0 Å². The van der Waals surface area contributed by atoms with Crippen molar-refractivity contribution in [1.82, 2.24) is 0 Å². The van der Waals surface area contributed by atoms with Gasteiger partial charge in [-0.25, -0.2) is 0 Å². The molecule has 0 bridgehead atoms. The molecular weight excluding hydrogens is 282 g/mol. The molecule has 1 aromatic rings. The zero-order valence-electron chi connectivity index (χ0n) is 13.1. The quantitative estimate of drug-likeness (QED) is 0.897. The summed E-state index contributed by atoms with van der Waals surface area (Å²) in [5.41, 5.74) is 7.51. The molecule has 22 heavy (non-hydrogen) atoms. The van der Waals surface area contributed by atoms with E-state index in [-0.39, 0.29) is 18.1 Å². The molecule has 3 rings (SSSR count). The van der Waals surface area contributed by atoms with Crippen LogP contribution in [-0.4, -0.2) is 44.9 Å². The minimum Gasteiger partial charge on any atom is -0.380 e. The highest BCUT2D eigenvalue weighted by Crippen LogP contribution is 2.39. The first-order chi connectivity index (χ1) is 10.7. The summed E-state index contributed by atoms with van der Waals surface area (Å²) in [7, 11) is 1.69. The van der Waals surface area contributed by atoms with Crippen LogP contribution in [0.15, 0.2) is 30.3 Å². The Morgan fingerprint density at radius 2 is 1.91 bits per heavy atom. The van der Waals surface area contributed by atoms with E-state index in [0.717, 1.165) is 6.42 Å². The largest absolute Gasteiger partial charge is 0.380 e. The van der Waals surface area contributed by atoms with Crippen LogP contribution in [0.3, 0.4) is 0 Å². The Morgan fingerprint density at radius 3 is 2.59 bits per heavy atom. The van der Waals surface area contributed by atoms with Gasteiger partial charge in [0.2, 0.25) is 0 Å². The van der Waals surface area contributed by atoms with Crippen molar-refractivity contribution in [1.29, 1.82) is 0 Å². The molecule has 1 aliphatic carbocycles. The van der Waals surface area contributed by atoms with E-state index in [9.17, 15) is 0 Å². The Balaban J connectivity index is 1.58.